The smallest absolute Gasteiger partial charge is 0.323 e. The molecule has 28 heavy (non-hydrogen) atoms. The molecule has 1 aromatic heterocycles. The van der Waals surface area contributed by atoms with Gasteiger partial charge in [-0.1, -0.05) is 32.0 Å². The lowest BCUT2D eigenvalue weighted by Gasteiger charge is -2.13. The lowest BCUT2D eigenvalue weighted by molar-refractivity contribution is -0.120. The maximum atomic E-state index is 12.3. The molecule has 8 heteroatoms. The molecule has 1 saturated heterocycles. The summed E-state index contributed by atoms with van der Waals surface area (Å²) < 4.78 is 5.86. The number of nitrogens with zero attached hydrogens (tertiary/aromatic N) is 2. The third kappa shape index (κ3) is 5.45. The van der Waals surface area contributed by atoms with Gasteiger partial charge in [-0.25, -0.2) is 9.78 Å². The first-order valence-corrected chi connectivity index (χ1v) is 10.4. The molecule has 1 fully saturated rings. The van der Waals surface area contributed by atoms with Gasteiger partial charge in [-0.05, 0) is 18.4 Å². The van der Waals surface area contributed by atoms with Crippen LogP contribution in [0, 0.1) is 5.92 Å². The number of thiazole rings is 1. The molecule has 2 N–H and O–H groups in total. The van der Waals surface area contributed by atoms with Gasteiger partial charge in [-0.3, -0.25) is 9.69 Å². The molecular weight excluding hydrogens is 376 g/mol. The SMILES string of the molecule is CC(C)CCOc1ccccc1CNC(=O)Cc1csc(N2CCNC2=O)n1. The molecular formula is C20H26N4O3S. The van der Waals surface area contributed by atoms with Gasteiger partial charge in [0, 0.05) is 30.6 Å². The van der Waals surface area contributed by atoms with Gasteiger partial charge in [0.2, 0.25) is 5.91 Å². The Balaban J connectivity index is 1.51. The number of benzene rings is 1. The van der Waals surface area contributed by atoms with Gasteiger partial charge in [-0.2, -0.15) is 0 Å². The summed E-state index contributed by atoms with van der Waals surface area (Å²) in [6.45, 7) is 6.61. The molecule has 1 aliphatic rings. The van der Waals surface area contributed by atoms with Crippen LogP contribution in [0.3, 0.4) is 0 Å². The summed E-state index contributed by atoms with van der Waals surface area (Å²) in [5.74, 6) is 1.28. The molecule has 2 aromatic rings. The van der Waals surface area contributed by atoms with E-state index in [9.17, 15) is 9.59 Å². The van der Waals surface area contributed by atoms with Crippen LogP contribution in [0.15, 0.2) is 29.6 Å². The summed E-state index contributed by atoms with van der Waals surface area (Å²) in [4.78, 5) is 30.0. The van der Waals surface area contributed by atoms with Crippen LogP contribution in [0.5, 0.6) is 5.75 Å². The van der Waals surface area contributed by atoms with Gasteiger partial charge < -0.3 is 15.4 Å². The van der Waals surface area contributed by atoms with Crippen molar-refractivity contribution in [2.45, 2.75) is 33.2 Å². The van der Waals surface area contributed by atoms with Crippen LogP contribution in [-0.2, 0) is 17.8 Å². The fourth-order valence-electron chi connectivity index (χ4n) is 2.77. The normalized spacial score (nSPS) is 13.7. The fourth-order valence-corrected chi connectivity index (χ4v) is 3.62. The second kappa shape index (κ2) is 9.54. The highest BCUT2D eigenvalue weighted by Gasteiger charge is 2.24. The largest absolute Gasteiger partial charge is 0.493 e. The standard InChI is InChI=1S/C20H26N4O3S/c1-14(2)7-10-27-17-6-4-3-5-15(17)12-22-18(25)11-16-13-28-20(23-16)24-9-8-21-19(24)26/h3-6,13-14H,7-12H2,1-2H3,(H,21,26)(H,22,25). The molecule has 0 bridgehead atoms. The molecule has 0 atom stereocenters. The molecule has 3 rings (SSSR count). The van der Waals surface area contributed by atoms with Crippen molar-refractivity contribution >= 4 is 28.4 Å². The lowest BCUT2D eigenvalue weighted by Crippen LogP contribution is -2.28. The number of carbonyl (C=O) groups excluding carboxylic acids is 2. The van der Waals surface area contributed by atoms with Crippen LogP contribution < -0.4 is 20.3 Å². The Labute approximate surface area is 169 Å². The van der Waals surface area contributed by atoms with Gasteiger partial charge in [-0.15, -0.1) is 11.3 Å². The van der Waals surface area contributed by atoms with Crippen molar-refractivity contribution in [2.75, 3.05) is 24.6 Å². The first kappa shape index (κ1) is 20.1. The number of hydrogen-bond acceptors (Lipinski definition) is 5. The van der Waals surface area contributed by atoms with Gasteiger partial charge in [0.05, 0.1) is 18.7 Å². The van der Waals surface area contributed by atoms with Crippen LogP contribution in [0.1, 0.15) is 31.5 Å². The van der Waals surface area contributed by atoms with Gasteiger partial charge >= 0.3 is 6.03 Å². The van der Waals surface area contributed by atoms with Gasteiger partial charge in [0.25, 0.3) is 0 Å². The van der Waals surface area contributed by atoms with Crippen LogP contribution >= 0.6 is 11.3 Å². The van der Waals surface area contributed by atoms with E-state index in [2.05, 4.69) is 29.5 Å². The molecule has 7 nitrogen and oxygen atoms in total. The number of hydrogen-bond donors (Lipinski definition) is 2. The Morgan fingerprint density at radius 2 is 2.21 bits per heavy atom. The van der Waals surface area contributed by atoms with Crippen LogP contribution in [0.4, 0.5) is 9.93 Å². The highest BCUT2D eigenvalue weighted by Crippen LogP contribution is 2.22. The quantitative estimate of drug-likeness (QED) is 0.675. The van der Waals surface area contributed by atoms with Crippen molar-refractivity contribution in [2.24, 2.45) is 5.92 Å². The number of nitrogens with one attached hydrogen (secondary N) is 2. The Bertz CT molecular complexity index is 821. The van der Waals surface area contributed by atoms with Crippen molar-refractivity contribution in [3.05, 3.63) is 40.9 Å². The van der Waals surface area contributed by atoms with Crippen molar-refractivity contribution in [1.29, 1.82) is 0 Å². The second-order valence-electron chi connectivity index (χ2n) is 7.10. The van der Waals surface area contributed by atoms with E-state index in [1.807, 2.05) is 29.6 Å². The van der Waals surface area contributed by atoms with Crippen LogP contribution in [0.2, 0.25) is 0 Å². The number of carbonyl (C=O) groups is 2. The van der Waals surface area contributed by atoms with E-state index >= 15 is 0 Å². The molecule has 0 radical (unpaired) electrons. The molecule has 3 amide bonds. The average Bonchev–Trinajstić information content (AvgIpc) is 3.29. The number of anilines is 1. The first-order valence-electron chi connectivity index (χ1n) is 9.50. The molecule has 0 unspecified atom stereocenters. The predicted molar refractivity (Wildman–Crippen MR) is 110 cm³/mol. The second-order valence-corrected chi connectivity index (χ2v) is 7.93. The minimum atomic E-state index is -0.139. The van der Waals surface area contributed by atoms with E-state index in [0.29, 0.717) is 43.0 Å². The lowest BCUT2D eigenvalue weighted by atomic mass is 10.1. The molecule has 0 aliphatic carbocycles. The van der Waals surface area contributed by atoms with E-state index in [1.54, 1.807) is 4.90 Å². The highest BCUT2D eigenvalue weighted by atomic mass is 32.1. The summed E-state index contributed by atoms with van der Waals surface area (Å²) in [6, 6.07) is 7.61. The Kier molecular flexibility index (Phi) is 6.86. The van der Waals surface area contributed by atoms with E-state index < -0.39 is 0 Å². The predicted octanol–water partition coefficient (Wildman–Crippen LogP) is 2.96. The zero-order chi connectivity index (χ0) is 19.9. The molecule has 1 aromatic carbocycles. The van der Waals surface area contributed by atoms with E-state index in [1.165, 1.54) is 11.3 Å². The highest BCUT2D eigenvalue weighted by molar-refractivity contribution is 7.14. The van der Waals surface area contributed by atoms with Crippen molar-refractivity contribution in [3.8, 4) is 5.75 Å². The number of para-hydroxylation sites is 1. The van der Waals surface area contributed by atoms with E-state index in [-0.39, 0.29) is 18.4 Å². The average molecular weight is 403 g/mol. The number of ether oxygens (including phenoxy) is 1. The molecule has 2 heterocycles. The number of rotatable bonds is 9. The Morgan fingerprint density at radius 1 is 1.39 bits per heavy atom. The van der Waals surface area contributed by atoms with Crippen molar-refractivity contribution < 1.29 is 14.3 Å². The van der Waals surface area contributed by atoms with Crippen molar-refractivity contribution in [1.82, 2.24) is 15.6 Å². The molecule has 0 saturated carbocycles. The molecule has 1 aliphatic heterocycles. The maximum absolute atomic E-state index is 12.3. The summed E-state index contributed by atoms with van der Waals surface area (Å²) >= 11 is 1.37. The number of amides is 3. The third-order valence-electron chi connectivity index (χ3n) is 4.37. The molecule has 0 spiro atoms. The maximum Gasteiger partial charge on any atom is 0.323 e. The van der Waals surface area contributed by atoms with Crippen molar-refractivity contribution in [3.63, 3.8) is 0 Å². The Morgan fingerprint density at radius 3 is 2.96 bits per heavy atom. The third-order valence-corrected chi connectivity index (χ3v) is 5.28. The summed E-state index contributed by atoms with van der Waals surface area (Å²) in [5, 5.41) is 8.12. The zero-order valence-corrected chi connectivity index (χ0v) is 17.1. The monoisotopic (exact) mass is 402 g/mol. The minimum absolute atomic E-state index is 0.111. The molecule has 150 valence electrons. The van der Waals surface area contributed by atoms with Gasteiger partial charge in [0.15, 0.2) is 5.13 Å². The summed E-state index contributed by atoms with van der Waals surface area (Å²) in [7, 11) is 0. The summed E-state index contributed by atoms with van der Waals surface area (Å²) in [6.07, 6.45) is 1.17. The fraction of sp³-hybridized carbons (Fsp3) is 0.450. The summed E-state index contributed by atoms with van der Waals surface area (Å²) in [5.41, 5.74) is 1.62. The topological polar surface area (TPSA) is 83.6 Å². The number of urea groups is 1. The first-order chi connectivity index (χ1) is 13.5. The Hall–Kier alpha value is -2.61. The van der Waals surface area contributed by atoms with Gasteiger partial charge in [0.1, 0.15) is 5.75 Å². The van der Waals surface area contributed by atoms with Crippen LogP contribution in [-0.4, -0.2) is 36.6 Å². The zero-order valence-electron chi connectivity index (χ0n) is 16.2. The minimum Gasteiger partial charge on any atom is -0.493 e. The van der Waals surface area contributed by atoms with E-state index in [4.69, 9.17) is 4.74 Å². The van der Waals surface area contributed by atoms with Crippen LogP contribution in [0.25, 0.3) is 0 Å². The number of aromatic nitrogens is 1. The van der Waals surface area contributed by atoms with E-state index in [0.717, 1.165) is 17.7 Å².